The van der Waals surface area contributed by atoms with Crippen molar-refractivity contribution >= 4 is 18.3 Å². The van der Waals surface area contributed by atoms with Gasteiger partial charge in [-0.1, -0.05) is 12.1 Å². The number of halogens is 2. The van der Waals surface area contributed by atoms with Crippen molar-refractivity contribution in [3.63, 3.8) is 0 Å². The van der Waals surface area contributed by atoms with Crippen molar-refractivity contribution in [3.05, 3.63) is 35.6 Å². The fourth-order valence-corrected chi connectivity index (χ4v) is 2.03. The van der Waals surface area contributed by atoms with E-state index in [1.54, 1.807) is 12.1 Å². The smallest absolute Gasteiger partial charge is 0.224 e. The number of carbonyl (C=O) groups excluding carboxylic acids is 1. The molecule has 0 unspecified atom stereocenters. The van der Waals surface area contributed by atoms with Crippen molar-refractivity contribution in [2.24, 2.45) is 0 Å². The summed E-state index contributed by atoms with van der Waals surface area (Å²) >= 11 is 0. The van der Waals surface area contributed by atoms with Crippen LogP contribution in [0.5, 0.6) is 0 Å². The number of hydrogen-bond acceptors (Lipinski definition) is 2. The molecule has 0 radical (unpaired) electrons. The Morgan fingerprint density at radius 3 is 2.50 bits per heavy atom. The summed E-state index contributed by atoms with van der Waals surface area (Å²) in [7, 11) is 0. The summed E-state index contributed by atoms with van der Waals surface area (Å²) in [6.45, 7) is 1.92. The zero-order chi connectivity index (χ0) is 12.1. The quantitative estimate of drug-likeness (QED) is 0.879. The van der Waals surface area contributed by atoms with Crippen LogP contribution >= 0.6 is 12.4 Å². The molecule has 0 aromatic heterocycles. The molecule has 1 fully saturated rings. The van der Waals surface area contributed by atoms with Crippen LogP contribution in [0.15, 0.2) is 24.3 Å². The van der Waals surface area contributed by atoms with Gasteiger partial charge in [0.25, 0.3) is 0 Å². The predicted molar refractivity (Wildman–Crippen MR) is 71.4 cm³/mol. The standard InChI is InChI=1S/C13H17FN2O.ClH/c14-11-3-1-10(2-4-11)9-13(17)16-12-5-7-15-8-6-12;/h1-4,12,15H,5-9H2,(H,16,17);1H. The summed E-state index contributed by atoms with van der Waals surface area (Å²) in [5.41, 5.74) is 0.845. The fourth-order valence-electron chi connectivity index (χ4n) is 2.03. The molecule has 1 aliphatic rings. The number of hydrogen-bond donors (Lipinski definition) is 2. The van der Waals surface area contributed by atoms with Crippen LogP contribution in [0.25, 0.3) is 0 Å². The first kappa shape index (κ1) is 14.9. The van der Waals surface area contributed by atoms with E-state index in [0.717, 1.165) is 31.5 Å². The Kier molecular flexibility index (Phi) is 6.09. The highest BCUT2D eigenvalue weighted by Gasteiger charge is 2.15. The van der Waals surface area contributed by atoms with E-state index < -0.39 is 0 Å². The van der Waals surface area contributed by atoms with Gasteiger partial charge in [0.1, 0.15) is 5.82 Å². The highest BCUT2D eigenvalue weighted by Crippen LogP contribution is 2.05. The van der Waals surface area contributed by atoms with Crippen molar-refractivity contribution in [3.8, 4) is 0 Å². The molecule has 0 atom stereocenters. The van der Waals surface area contributed by atoms with Gasteiger partial charge < -0.3 is 10.6 Å². The van der Waals surface area contributed by atoms with E-state index in [0.29, 0.717) is 6.42 Å². The second-order valence-electron chi connectivity index (χ2n) is 4.40. The summed E-state index contributed by atoms with van der Waals surface area (Å²) in [5.74, 6) is -0.254. The molecular weight excluding hydrogens is 255 g/mol. The molecule has 1 heterocycles. The van der Waals surface area contributed by atoms with E-state index in [-0.39, 0.29) is 30.2 Å². The van der Waals surface area contributed by atoms with Crippen LogP contribution in [0.1, 0.15) is 18.4 Å². The van der Waals surface area contributed by atoms with Gasteiger partial charge in [-0.2, -0.15) is 0 Å². The van der Waals surface area contributed by atoms with Crippen LogP contribution in [-0.4, -0.2) is 25.0 Å². The summed E-state index contributed by atoms with van der Waals surface area (Å²) in [4.78, 5) is 11.7. The van der Waals surface area contributed by atoms with Crippen molar-refractivity contribution in [1.82, 2.24) is 10.6 Å². The lowest BCUT2D eigenvalue weighted by atomic mass is 10.1. The molecule has 100 valence electrons. The maximum Gasteiger partial charge on any atom is 0.224 e. The summed E-state index contributed by atoms with van der Waals surface area (Å²) in [6.07, 6.45) is 2.29. The number of benzene rings is 1. The van der Waals surface area contributed by atoms with Gasteiger partial charge in [0.05, 0.1) is 6.42 Å². The second kappa shape index (κ2) is 7.34. The normalized spacial score (nSPS) is 15.8. The first-order valence-corrected chi connectivity index (χ1v) is 5.98. The monoisotopic (exact) mass is 272 g/mol. The lowest BCUT2D eigenvalue weighted by molar-refractivity contribution is -0.121. The van der Waals surface area contributed by atoms with Gasteiger partial charge in [0.15, 0.2) is 0 Å². The van der Waals surface area contributed by atoms with Crippen LogP contribution in [0.4, 0.5) is 4.39 Å². The van der Waals surface area contributed by atoms with Crippen LogP contribution in [-0.2, 0) is 11.2 Å². The third-order valence-electron chi connectivity index (χ3n) is 2.98. The van der Waals surface area contributed by atoms with Gasteiger partial charge in [-0.15, -0.1) is 12.4 Å². The first-order valence-electron chi connectivity index (χ1n) is 5.98. The lowest BCUT2D eigenvalue weighted by Gasteiger charge is -2.23. The predicted octanol–water partition coefficient (Wildman–Crippen LogP) is 1.66. The number of rotatable bonds is 3. The second-order valence-corrected chi connectivity index (χ2v) is 4.40. The topological polar surface area (TPSA) is 41.1 Å². The van der Waals surface area contributed by atoms with Gasteiger partial charge in [-0.3, -0.25) is 4.79 Å². The SMILES string of the molecule is Cl.O=C(Cc1ccc(F)cc1)NC1CCNCC1. The van der Waals surface area contributed by atoms with E-state index in [1.807, 2.05) is 0 Å². The molecule has 1 aromatic carbocycles. The first-order chi connectivity index (χ1) is 8.24. The highest BCUT2D eigenvalue weighted by molar-refractivity contribution is 5.85. The molecule has 2 rings (SSSR count). The molecule has 0 saturated carbocycles. The van der Waals surface area contributed by atoms with Crippen LogP contribution < -0.4 is 10.6 Å². The van der Waals surface area contributed by atoms with Crippen LogP contribution in [0.3, 0.4) is 0 Å². The van der Waals surface area contributed by atoms with Gasteiger partial charge in [0.2, 0.25) is 5.91 Å². The van der Waals surface area contributed by atoms with Crippen LogP contribution in [0.2, 0.25) is 0 Å². The number of piperidine rings is 1. The Bertz CT molecular complexity index is 377. The summed E-state index contributed by atoms with van der Waals surface area (Å²) in [5, 5.41) is 6.26. The Hall–Kier alpha value is -1.13. The van der Waals surface area contributed by atoms with Crippen molar-refractivity contribution in [2.75, 3.05) is 13.1 Å². The average Bonchev–Trinajstić information content (AvgIpc) is 2.33. The lowest BCUT2D eigenvalue weighted by Crippen LogP contribution is -2.43. The van der Waals surface area contributed by atoms with E-state index in [2.05, 4.69) is 10.6 Å². The molecule has 1 aromatic rings. The third-order valence-corrected chi connectivity index (χ3v) is 2.98. The van der Waals surface area contributed by atoms with E-state index >= 15 is 0 Å². The number of nitrogens with one attached hydrogen (secondary N) is 2. The minimum absolute atomic E-state index is 0. The van der Waals surface area contributed by atoms with E-state index in [9.17, 15) is 9.18 Å². The molecule has 3 nitrogen and oxygen atoms in total. The molecule has 5 heteroatoms. The highest BCUT2D eigenvalue weighted by atomic mass is 35.5. The van der Waals surface area contributed by atoms with Gasteiger partial charge in [-0.05, 0) is 43.6 Å². The molecule has 1 amide bonds. The Morgan fingerprint density at radius 1 is 1.28 bits per heavy atom. The fraction of sp³-hybridized carbons (Fsp3) is 0.462. The molecular formula is C13H18ClFN2O. The molecule has 18 heavy (non-hydrogen) atoms. The minimum Gasteiger partial charge on any atom is -0.353 e. The van der Waals surface area contributed by atoms with E-state index in [1.165, 1.54) is 12.1 Å². The Balaban J connectivity index is 0.00000162. The average molecular weight is 273 g/mol. The van der Waals surface area contributed by atoms with Crippen molar-refractivity contribution in [1.29, 1.82) is 0 Å². The molecule has 1 saturated heterocycles. The minimum atomic E-state index is -0.271. The van der Waals surface area contributed by atoms with Crippen molar-refractivity contribution in [2.45, 2.75) is 25.3 Å². The molecule has 0 bridgehead atoms. The van der Waals surface area contributed by atoms with Crippen molar-refractivity contribution < 1.29 is 9.18 Å². The summed E-state index contributed by atoms with van der Waals surface area (Å²) < 4.78 is 12.7. The van der Waals surface area contributed by atoms with Crippen LogP contribution in [0, 0.1) is 5.82 Å². The molecule has 1 aliphatic heterocycles. The zero-order valence-electron chi connectivity index (χ0n) is 10.1. The van der Waals surface area contributed by atoms with Gasteiger partial charge in [-0.25, -0.2) is 4.39 Å². The molecule has 2 N–H and O–H groups in total. The zero-order valence-corrected chi connectivity index (χ0v) is 10.9. The molecule has 0 spiro atoms. The number of amides is 1. The number of carbonyl (C=O) groups is 1. The Morgan fingerprint density at radius 2 is 1.89 bits per heavy atom. The van der Waals surface area contributed by atoms with Gasteiger partial charge >= 0.3 is 0 Å². The largest absolute Gasteiger partial charge is 0.353 e. The van der Waals surface area contributed by atoms with Gasteiger partial charge in [0, 0.05) is 6.04 Å². The maximum absolute atomic E-state index is 12.7. The molecule has 0 aliphatic carbocycles. The maximum atomic E-state index is 12.7. The third kappa shape index (κ3) is 4.63. The van der Waals surface area contributed by atoms with E-state index in [4.69, 9.17) is 0 Å². The summed E-state index contributed by atoms with van der Waals surface area (Å²) in [6, 6.07) is 6.35. The Labute approximate surface area is 113 Å².